The van der Waals surface area contributed by atoms with E-state index in [9.17, 15) is 34.8 Å². The van der Waals surface area contributed by atoms with E-state index in [0.29, 0.717) is 11.8 Å². The van der Waals surface area contributed by atoms with Crippen LogP contribution in [0.3, 0.4) is 0 Å². The van der Waals surface area contributed by atoms with Crippen molar-refractivity contribution in [1.82, 2.24) is 0 Å². The number of halogens is 4. The number of anilines is 3. The Hall–Kier alpha value is -4.27. The molecule has 9 nitrogen and oxygen atoms in total. The summed E-state index contributed by atoms with van der Waals surface area (Å²) in [7, 11) is -7.11. The predicted octanol–water partition coefficient (Wildman–Crippen LogP) is 6.00. The highest BCUT2D eigenvalue weighted by molar-refractivity contribution is 7.93. The molecule has 0 aromatic heterocycles. The summed E-state index contributed by atoms with van der Waals surface area (Å²) >= 11 is 6.22. The van der Waals surface area contributed by atoms with Gasteiger partial charge in [-0.25, -0.2) is 16.8 Å². The molecule has 4 aromatic rings. The Bertz CT molecular complexity index is 1840. The molecule has 15 heteroatoms. The maximum atomic E-state index is 13.5. The summed E-state index contributed by atoms with van der Waals surface area (Å²) < 4.78 is 99.5. The number of alkyl halides is 3. The molecule has 4 rings (SSSR count). The second-order valence-corrected chi connectivity index (χ2v) is 12.9. The first-order chi connectivity index (χ1) is 20.2. The smallest absolute Gasteiger partial charge is 0.416 e. The van der Waals surface area contributed by atoms with Crippen LogP contribution in [0.15, 0.2) is 107 Å². The molecule has 0 fully saturated rings. The number of rotatable bonds is 10. The fourth-order valence-corrected chi connectivity index (χ4v) is 6.60. The van der Waals surface area contributed by atoms with E-state index in [4.69, 9.17) is 16.3 Å². The Kier molecular flexibility index (Phi) is 9.23. The van der Waals surface area contributed by atoms with Crippen molar-refractivity contribution < 1.29 is 39.5 Å². The van der Waals surface area contributed by atoms with E-state index in [1.165, 1.54) is 67.8 Å². The van der Waals surface area contributed by atoms with E-state index < -0.39 is 44.2 Å². The van der Waals surface area contributed by atoms with E-state index in [1.807, 2.05) is 0 Å². The first-order valence-electron chi connectivity index (χ1n) is 12.2. The third kappa shape index (κ3) is 7.58. The van der Waals surface area contributed by atoms with Gasteiger partial charge in [-0.3, -0.25) is 13.8 Å². The molecule has 0 radical (unpaired) electrons. The Morgan fingerprint density at radius 2 is 1.51 bits per heavy atom. The lowest BCUT2D eigenvalue weighted by Crippen LogP contribution is -2.38. The van der Waals surface area contributed by atoms with Crippen molar-refractivity contribution in [2.45, 2.75) is 16.0 Å². The number of sulfonamides is 2. The number of carbonyl (C=O) groups excluding carboxylic acids is 1. The van der Waals surface area contributed by atoms with Crippen LogP contribution in [0.25, 0.3) is 0 Å². The molecule has 0 spiro atoms. The minimum absolute atomic E-state index is 0.0717. The molecular weight excluding hydrogens is 631 g/mol. The fourth-order valence-electron chi connectivity index (χ4n) is 3.87. The van der Waals surface area contributed by atoms with Crippen LogP contribution >= 0.6 is 11.6 Å². The minimum Gasteiger partial charge on any atom is -0.495 e. The molecule has 0 aliphatic carbocycles. The Balaban J connectivity index is 1.53. The first-order valence-corrected chi connectivity index (χ1v) is 15.5. The summed E-state index contributed by atoms with van der Waals surface area (Å²) in [6.07, 6.45) is -4.66. The molecular formula is C28H23ClF3N3O6S2. The van der Waals surface area contributed by atoms with Crippen molar-refractivity contribution >= 4 is 54.6 Å². The van der Waals surface area contributed by atoms with Gasteiger partial charge >= 0.3 is 6.18 Å². The van der Waals surface area contributed by atoms with Crippen molar-refractivity contribution in [3.05, 3.63) is 108 Å². The number of nitrogens with one attached hydrogen (secondary N) is 2. The minimum atomic E-state index is -4.66. The fraction of sp³-hybridized carbons (Fsp3) is 0.107. The average molecular weight is 654 g/mol. The highest BCUT2D eigenvalue weighted by atomic mass is 35.5. The summed E-state index contributed by atoms with van der Waals surface area (Å²) in [5.74, 6) is -0.464. The van der Waals surface area contributed by atoms with E-state index >= 15 is 0 Å². The number of amides is 1. The zero-order valence-electron chi connectivity index (χ0n) is 22.2. The second-order valence-electron chi connectivity index (χ2n) is 8.90. The van der Waals surface area contributed by atoms with E-state index in [2.05, 4.69) is 10.0 Å². The van der Waals surface area contributed by atoms with Crippen LogP contribution in [0.2, 0.25) is 5.02 Å². The first kappa shape index (κ1) is 31.7. The van der Waals surface area contributed by atoms with Gasteiger partial charge in [0.1, 0.15) is 12.3 Å². The van der Waals surface area contributed by atoms with Crippen LogP contribution in [0.5, 0.6) is 5.75 Å². The van der Waals surface area contributed by atoms with Crippen molar-refractivity contribution in [3.63, 3.8) is 0 Å². The van der Waals surface area contributed by atoms with E-state index in [1.54, 1.807) is 6.07 Å². The largest absolute Gasteiger partial charge is 0.495 e. The maximum absolute atomic E-state index is 13.5. The molecule has 0 saturated heterocycles. The van der Waals surface area contributed by atoms with Gasteiger partial charge in [0.2, 0.25) is 5.91 Å². The lowest BCUT2D eigenvalue weighted by atomic mass is 10.2. The van der Waals surface area contributed by atoms with Gasteiger partial charge in [-0.1, -0.05) is 35.9 Å². The molecule has 0 saturated carbocycles. The summed E-state index contributed by atoms with van der Waals surface area (Å²) in [5, 5.41) is 2.63. The summed E-state index contributed by atoms with van der Waals surface area (Å²) in [6.45, 7) is -0.670. The van der Waals surface area contributed by atoms with Gasteiger partial charge in [0, 0.05) is 11.4 Å². The standard InChI is InChI=1S/C28H23ClF3N3O6S2/c1-41-26-15-12-22(17-25(26)29)35(43(39,40)24-8-3-2-4-9-24)18-27(36)33-20-10-13-23(14-11-20)42(37,38)34-21-7-5-6-19(16-21)28(30,31)32/h2-17,34H,18H2,1H3,(H,33,36). The molecule has 43 heavy (non-hydrogen) atoms. The van der Waals surface area contributed by atoms with Gasteiger partial charge in [-0.05, 0) is 72.8 Å². The zero-order valence-corrected chi connectivity index (χ0v) is 24.6. The maximum Gasteiger partial charge on any atom is 0.416 e. The monoisotopic (exact) mass is 653 g/mol. The van der Waals surface area contributed by atoms with Crippen LogP contribution in [0, 0.1) is 0 Å². The number of hydrogen-bond acceptors (Lipinski definition) is 6. The number of methoxy groups -OCH3 is 1. The molecule has 0 aliphatic rings. The highest BCUT2D eigenvalue weighted by Gasteiger charge is 2.31. The molecule has 0 atom stereocenters. The zero-order chi connectivity index (χ0) is 31.4. The molecule has 0 unspecified atom stereocenters. The van der Waals surface area contributed by atoms with Gasteiger partial charge in [-0.15, -0.1) is 0 Å². The van der Waals surface area contributed by atoms with Gasteiger partial charge < -0.3 is 10.1 Å². The molecule has 0 bridgehead atoms. The number of benzene rings is 4. The SMILES string of the molecule is COc1ccc(N(CC(=O)Nc2ccc(S(=O)(=O)Nc3cccc(C(F)(F)F)c3)cc2)S(=O)(=O)c2ccccc2)cc1Cl. The number of ether oxygens (including phenoxy) is 1. The molecule has 0 heterocycles. The van der Waals surface area contributed by atoms with Gasteiger partial charge in [0.25, 0.3) is 20.0 Å². The van der Waals surface area contributed by atoms with Crippen molar-refractivity contribution in [3.8, 4) is 5.75 Å². The van der Waals surface area contributed by atoms with Gasteiger partial charge in [-0.2, -0.15) is 13.2 Å². The van der Waals surface area contributed by atoms with Crippen LogP contribution < -0.4 is 19.1 Å². The number of hydrogen-bond donors (Lipinski definition) is 2. The summed E-state index contributed by atoms with van der Waals surface area (Å²) in [6, 6.07) is 20.1. The second kappa shape index (κ2) is 12.5. The topological polar surface area (TPSA) is 122 Å². The Morgan fingerprint density at radius 1 is 0.837 bits per heavy atom. The quantitative estimate of drug-likeness (QED) is 0.217. The number of carbonyl (C=O) groups is 1. The molecule has 4 aromatic carbocycles. The molecule has 1 amide bonds. The van der Waals surface area contributed by atoms with E-state index in [0.717, 1.165) is 28.6 Å². The average Bonchev–Trinajstić information content (AvgIpc) is 2.96. The molecule has 226 valence electrons. The third-order valence-electron chi connectivity index (χ3n) is 5.93. The molecule has 2 N–H and O–H groups in total. The predicted molar refractivity (Wildman–Crippen MR) is 156 cm³/mol. The highest BCUT2D eigenvalue weighted by Crippen LogP contribution is 2.33. The van der Waals surface area contributed by atoms with Gasteiger partial charge in [0.15, 0.2) is 0 Å². The summed E-state index contributed by atoms with van der Waals surface area (Å²) in [4.78, 5) is 12.7. The lowest BCUT2D eigenvalue weighted by molar-refractivity contribution is -0.137. The van der Waals surface area contributed by atoms with Crippen LogP contribution in [-0.2, 0) is 31.0 Å². The lowest BCUT2D eigenvalue weighted by Gasteiger charge is -2.24. The molecule has 0 aliphatic heterocycles. The Morgan fingerprint density at radius 3 is 2.12 bits per heavy atom. The van der Waals surface area contributed by atoms with Crippen LogP contribution in [0.4, 0.5) is 30.2 Å². The van der Waals surface area contributed by atoms with Crippen LogP contribution in [-0.4, -0.2) is 36.4 Å². The normalized spacial score (nSPS) is 11.9. The van der Waals surface area contributed by atoms with Crippen molar-refractivity contribution in [1.29, 1.82) is 0 Å². The van der Waals surface area contributed by atoms with Crippen molar-refractivity contribution in [2.24, 2.45) is 0 Å². The number of nitrogens with zero attached hydrogens (tertiary/aromatic N) is 1. The van der Waals surface area contributed by atoms with Crippen LogP contribution in [0.1, 0.15) is 5.56 Å². The van der Waals surface area contributed by atoms with Gasteiger partial charge in [0.05, 0.1) is 33.2 Å². The Labute approximate surface area is 251 Å². The van der Waals surface area contributed by atoms with E-state index in [-0.39, 0.29) is 31.9 Å². The third-order valence-corrected chi connectivity index (χ3v) is 9.41. The van der Waals surface area contributed by atoms with Crippen molar-refractivity contribution in [2.75, 3.05) is 28.0 Å². The summed E-state index contributed by atoms with van der Waals surface area (Å²) in [5.41, 5.74) is -1.09.